The molecule has 0 aliphatic carbocycles. The van der Waals surface area contributed by atoms with Gasteiger partial charge in [-0.2, -0.15) is 13.2 Å². The molecule has 1 fully saturated rings. The standard InChI is InChI=1S/C15H20F3N3O/c1-10-12(3-4-13(20-10)15(16,17)18)14(22)21-7-5-11(6-8-21)9-19-2/h3-4,11,19H,5-9H2,1-2H3. The molecule has 22 heavy (non-hydrogen) atoms. The molecule has 4 nitrogen and oxygen atoms in total. The molecule has 1 aliphatic heterocycles. The SMILES string of the molecule is CNCC1CCN(C(=O)c2ccc(C(F)(F)F)nc2C)CC1. The Morgan fingerprint density at radius 2 is 2.00 bits per heavy atom. The van der Waals surface area contributed by atoms with Crippen molar-refractivity contribution in [1.29, 1.82) is 0 Å². The predicted molar refractivity (Wildman–Crippen MR) is 76.5 cm³/mol. The first-order valence-electron chi connectivity index (χ1n) is 7.31. The number of likely N-dealkylation sites (tertiary alicyclic amines) is 1. The summed E-state index contributed by atoms with van der Waals surface area (Å²) in [5.41, 5.74) is -0.591. The third-order valence-corrected chi connectivity index (χ3v) is 4.00. The van der Waals surface area contributed by atoms with Crippen molar-refractivity contribution in [1.82, 2.24) is 15.2 Å². The summed E-state index contributed by atoms with van der Waals surface area (Å²) in [5, 5.41) is 3.12. The highest BCUT2D eigenvalue weighted by atomic mass is 19.4. The molecule has 1 aromatic rings. The third kappa shape index (κ3) is 3.76. The van der Waals surface area contributed by atoms with Gasteiger partial charge in [-0.1, -0.05) is 0 Å². The molecule has 1 amide bonds. The predicted octanol–water partition coefficient (Wildman–Crippen LogP) is 2.48. The first-order valence-corrected chi connectivity index (χ1v) is 7.31. The number of halogens is 3. The Kier molecular flexibility index (Phi) is 5.05. The summed E-state index contributed by atoms with van der Waals surface area (Å²) in [5.74, 6) is 0.308. The minimum absolute atomic E-state index is 0.122. The minimum Gasteiger partial charge on any atom is -0.339 e. The van der Waals surface area contributed by atoms with Gasteiger partial charge >= 0.3 is 6.18 Å². The molecule has 1 aromatic heterocycles. The highest BCUT2D eigenvalue weighted by Crippen LogP contribution is 2.28. The number of piperidine rings is 1. The summed E-state index contributed by atoms with van der Waals surface area (Å²) in [6.45, 7) is 3.62. The van der Waals surface area contributed by atoms with Crippen molar-refractivity contribution in [2.75, 3.05) is 26.7 Å². The van der Waals surface area contributed by atoms with Crippen molar-refractivity contribution in [2.45, 2.75) is 25.9 Å². The van der Waals surface area contributed by atoms with E-state index in [1.165, 1.54) is 13.0 Å². The monoisotopic (exact) mass is 315 g/mol. The summed E-state index contributed by atoms with van der Waals surface area (Å²) < 4.78 is 37.8. The van der Waals surface area contributed by atoms with Crippen LogP contribution in [0, 0.1) is 12.8 Å². The number of hydrogen-bond donors (Lipinski definition) is 1. The van der Waals surface area contributed by atoms with Crippen molar-refractivity contribution < 1.29 is 18.0 Å². The van der Waals surface area contributed by atoms with Crippen LogP contribution in [0.1, 0.15) is 34.6 Å². The number of pyridine rings is 1. The van der Waals surface area contributed by atoms with Gasteiger partial charge < -0.3 is 10.2 Å². The van der Waals surface area contributed by atoms with E-state index in [0.717, 1.165) is 25.5 Å². The minimum atomic E-state index is -4.49. The molecule has 0 spiro atoms. The van der Waals surface area contributed by atoms with Crippen molar-refractivity contribution >= 4 is 5.91 Å². The summed E-state index contributed by atoms with van der Waals surface area (Å²) in [4.78, 5) is 17.7. The fraction of sp³-hybridized carbons (Fsp3) is 0.600. The van der Waals surface area contributed by atoms with Crippen LogP contribution in [0.3, 0.4) is 0 Å². The molecule has 0 radical (unpaired) electrons. The molecule has 0 aromatic carbocycles. The second kappa shape index (κ2) is 6.64. The van der Waals surface area contributed by atoms with Crippen LogP contribution in [0.5, 0.6) is 0 Å². The lowest BCUT2D eigenvalue weighted by molar-refractivity contribution is -0.141. The number of hydrogen-bond acceptors (Lipinski definition) is 3. The van der Waals surface area contributed by atoms with Crippen LogP contribution >= 0.6 is 0 Å². The van der Waals surface area contributed by atoms with E-state index in [2.05, 4.69) is 10.3 Å². The lowest BCUT2D eigenvalue weighted by Crippen LogP contribution is -2.40. The van der Waals surface area contributed by atoms with Gasteiger partial charge in [0.2, 0.25) is 0 Å². The van der Waals surface area contributed by atoms with Crippen LogP contribution in [-0.2, 0) is 6.18 Å². The van der Waals surface area contributed by atoms with E-state index in [4.69, 9.17) is 0 Å². The molecular weight excluding hydrogens is 295 g/mol. The van der Waals surface area contributed by atoms with Gasteiger partial charge in [0, 0.05) is 13.1 Å². The molecule has 0 atom stereocenters. The maximum atomic E-state index is 12.6. The zero-order valence-corrected chi connectivity index (χ0v) is 12.7. The lowest BCUT2D eigenvalue weighted by atomic mass is 9.96. The number of nitrogens with zero attached hydrogens (tertiary/aromatic N) is 2. The Bertz CT molecular complexity index is 537. The van der Waals surface area contributed by atoms with Crippen LogP contribution in [0.4, 0.5) is 13.2 Å². The quantitative estimate of drug-likeness (QED) is 0.932. The van der Waals surface area contributed by atoms with E-state index in [0.29, 0.717) is 19.0 Å². The Labute approximate surface area is 127 Å². The largest absolute Gasteiger partial charge is 0.433 e. The number of aryl methyl sites for hydroxylation is 1. The number of aromatic nitrogens is 1. The van der Waals surface area contributed by atoms with E-state index >= 15 is 0 Å². The number of amides is 1. The molecule has 0 saturated carbocycles. The average Bonchev–Trinajstić information content (AvgIpc) is 2.46. The number of nitrogens with one attached hydrogen (secondary N) is 1. The van der Waals surface area contributed by atoms with Crippen molar-refractivity contribution in [3.63, 3.8) is 0 Å². The van der Waals surface area contributed by atoms with Crippen LogP contribution in [0.15, 0.2) is 12.1 Å². The smallest absolute Gasteiger partial charge is 0.339 e. The van der Waals surface area contributed by atoms with Gasteiger partial charge in [-0.05, 0) is 51.4 Å². The third-order valence-electron chi connectivity index (χ3n) is 4.00. The van der Waals surface area contributed by atoms with Crippen LogP contribution in [0.25, 0.3) is 0 Å². The van der Waals surface area contributed by atoms with Crippen molar-refractivity contribution in [3.05, 3.63) is 29.1 Å². The maximum Gasteiger partial charge on any atom is 0.433 e. The fourth-order valence-electron chi connectivity index (χ4n) is 2.74. The second-order valence-corrected chi connectivity index (χ2v) is 5.62. The maximum absolute atomic E-state index is 12.6. The van der Waals surface area contributed by atoms with Crippen LogP contribution < -0.4 is 5.32 Å². The molecule has 0 bridgehead atoms. The van der Waals surface area contributed by atoms with Gasteiger partial charge in [0.15, 0.2) is 0 Å². The first-order chi connectivity index (χ1) is 10.3. The first kappa shape index (κ1) is 16.7. The lowest BCUT2D eigenvalue weighted by Gasteiger charge is -2.32. The van der Waals surface area contributed by atoms with Crippen molar-refractivity contribution in [2.24, 2.45) is 5.92 Å². The number of carbonyl (C=O) groups excluding carboxylic acids is 1. The van der Waals surface area contributed by atoms with Gasteiger partial charge in [-0.3, -0.25) is 4.79 Å². The molecule has 2 heterocycles. The number of carbonyl (C=O) groups is 1. The van der Waals surface area contributed by atoms with Gasteiger partial charge in [0.05, 0.1) is 11.3 Å². The van der Waals surface area contributed by atoms with Gasteiger partial charge in [-0.15, -0.1) is 0 Å². The molecule has 1 saturated heterocycles. The van der Waals surface area contributed by atoms with E-state index < -0.39 is 11.9 Å². The molecule has 2 rings (SSSR count). The normalized spacial score (nSPS) is 16.9. The topological polar surface area (TPSA) is 45.2 Å². The van der Waals surface area contributed by atoms with Crippen LogP contribution in [0.2, 0.25) is 0 Å². The van der Waals surface area contributed by atoms with Gasteiger partial charge in [-0.25, -0.2) is 4.98 Å². The summed E-state index contributed by atoms with van der Waals surface area (Å²) >= 11 is 0. The number of rotatable bonds is 3. The summed E-state index contributed by atoms with van der Waals surface area (Å²) in [7, 11) is 1.90. The number of alkyl halides is 3. The summed E-state index contributed by atoms with van der Waals surface area (Å²) in [6, 6.07) is 2.10. The summed E-state index contributed by atoms with van der Waals surface area (Å²) in [6.07, 6.45) is -2.68. The zero-order valence-electron chi connectivity index (χ0n) is 12.7. The van der Waals surface area contributed by atoms with E-state index in [1.807, 2.05) is 7.05 Å². The molecular formula is C15H20F3N3O. The molecule has 1 N–H and O–H groups in total. The Balaban J connectivity index is 2.08. The highest BCUT2D eigenvalue weighted by molar-refractivity contribution is 5.95. The average molecular weight is 315 g/mol. The Morgan fingerprint density at radius 3 is 2.50 bits per heavy atom. The molecule has 122 valence electrons. The van der Waals surface area contributed by atoms with E-state index in [-0.39, 0.29) is 17.2 Å². The second-order valence-electron chi connectivity index (χ2n) is 5.62. The Hall–Kier alpha value is -1.63. The van der Waals surface area contributed by atoms with E-state index in [9.17, 15) is 18.0 Å². The molecule has 1 aliphatic rings. The van der Waals surface area contributed by atoms with Gasteiger partial charge in [0.1, 0.15) is 5.69 Å². The van der Waals surface area contributed by atoms with E-state index in [1.54, 1.807) is 4.90 Å². The molecule has 0 unspecified atom stereocenters. The zero-order chi connectivity index (χ0) is 16.3. The van der Waals surface area contributed by atoms with Crippen molar-refractivity contribution in [3.8, 4) is 0 Å². The fourth-order valence-corrected chi connectivity index (χ4v) is 2.74. The molecule has 7 heteroatoms. The highest BCUT2D eigenvalue weighted by Gasteiger charge is 2.33. The Morgan fingerprint density at radius 1 is 1.36 bits per heavy atom. The van der Waals surface area contributed by atoms with Gasteiger partial charge in [0.25, 0.3) is 5.91 Å². The van der Waals surface area contributed by atoms with Crippen LogP contribution in [-0.4, -0.2) is 42.5 Å².